The second-order valence-electron chi connectivity index (χ2n) is 9.16. The van der Waals surface area contributed by atoms with E-state index in [0.29, 0.717) is 54.8 Å². The Labute approximate surface area is 196 Å². The minimum absolute atomic E-state index is 0.198. The van der Waals surface area contributed by atoms with Crippen LogP contribution in [0.15, 0.2) is 29.1 Å². The number of fused-ring (bicyclic) bond motifs is 4. The topological polar surface area (TPSA) is 106 Å². The Morgan fingerprint density at radius 2 is 1.94 bits per heavy atom. The van der Waals surface area contributed by atoms with E-state index in [0.717, 1.165) is 35.0 Å². The number of rotatable bonds is 4. The van der Waals surface area contributed by atoms with Crippen molar-refractivity contribution in [3.8, 4) is 5.75 Å². The number of carbonyl (C=O) groups is 1. The van der Waals surface area contributed by atoms with Gasteiger partial charge in [0.1, 0.15) is 11.6 Å². The van der Waals surface area contributed by atoms with Gasteiger partial charge in [-0.15, -0.1) is 0 Å². The van der Waals surface area contributed by atoms with Crippen molar-refractivity contribution in [3.05, 3.63) is 57.0 Å². The molecule has 2 aromatic heterocycles. The lowest BCUT2D eigenvalue weighted by Crippen LogP contribution is -2.47. The van der Waals surface area contributed by atoms with E-state index in [4.69, 9.17) is 19.2 Å². The Morgan fingerprint density at radius 3 is 2.71 bits per heavy atom. The fourth-order valence-electron chi connectivity index (χ4n) is 5.35. The van der Waals surface area contributed by atoms with Gasteiger partial charge in [-0.05, 0) is 37.5 Å². The van der Waals surface area contributed by atoms with Crippen LogP contribution in [-0.4, -0.2) is 48.3 Å². The summed E-state index contributed by atoms with van der Waals surface area (Å²) >= 11 is 0. The summed E-state index contributed by atoms with van der Waals surface area (Å²) in [4.78, 5) is 35.6. The van der Waals surface area contributed by atoms with Crippen molar-refractivity contribution in [2.45, 2.75) is 45.1 Å². The van der Waals surface area contributed by atoms with Gasteiger partial charge in [-0.1, -0.05) is 0 Å². The molecular weight excluding hydrogens is 436 g/mol. The lowest BCUT2D eigenvalue weighted by molar-refractivity contribution is 0.0896. The first-order valence-corrected chi connectivity index (χ1v) is 11.5. The molecule has 2 bridgehead atoms. The zero-order valence-electron chi connectivity index (χ0n) is 19.1. The van der Waals surface area contributed by atoms with Crippen LogP contribution in [0.5, 0.6) is 5.75 Å². The number of aromatic nitrogens is 2. The van der Waals surface area contributed by atoms with Gasteiger partial charge in [0.2, 0.25) is 5.56 Å². The molecular formula is C25H26N4O5. The molecule has 0 radical (unpaired) electrons. The maximum atomic E-state index is 13.6. The number of morpholine rings is 1. The van der Waals surface area contributed by atoms with Crippen LogP contribution in [0.1, 0.15) is 40.0 Å². The Bertz CT molecular complexity index is 1350. The molecule has 1 aromatic carbocycles. The number of hydrogen-bond acceptors (Lipinski definition) is 7. The number of carbonyl (C=O) groups excluding carboxylic acids is 1. The fourth-order valence-corrected chi connectivity index (χ4v) is 5.35. The number of methoxy groups -OCH3 is 1. The van der Waals surface area contributed by atoms with Gasteiger partial charge in [-0.2, -0.15) is 0 Å². The van der Waals surface area contributed by atoms with E-state index < -0.39 is 0 Å². The zero-order valence-corrected chi connectivity index (χ0v) is 19.1. The predicted molar refractivity (Wildman–Crippen MR) is 127 cm³/mol. The van der Waals surface area contributed by atoms with E-state index in [1.54, 1.807) is 6.07 Å². The molecule has 9 heteroatoms. The van der Waals surface area contributed by atoms with Crippen molar-refractivity contribution in [1.29, 1.82) is 0 Å². The van der Waals surface area contributed by atoms with E-state index >= 15 is 0 Å². The molecule has 6 rings (SSSR count). The van der Waals surface area contributed by atoms with Crippen molar-refractivity contribution < 1.29 is 19.0 Å². The highest BCUT2D eigenvalue weighted by Crippen LogP contribution is 2.37. The molecule has 3 aliphatic rings. The monoisotopic (exact) mass is 462 g/mol. The third-order valence-corrected chi connectivity index (χ3v) is 7.00. The summed E-state index contributed by atoms with van der Waals surface area (Å²) in [6, 6.07) is 7.46. The second-order valence-corrected chi connectivity index (χ2v) is 9.16. The number of benzene rings is 1. The van der Waals surface area contributed by atoms with E-state index in [1.807, 2.05) is 19.1 Å². The van der Waals surface area contributed by atoms with Crippen LogP contribution in [0.2, 0.25) is 0 Å². The Morgan fingerprint density at radius 1 is 1.15 bits per heavy atom. The van der Waals surface area contributed by atoms with Crippen molar-refractivity contribution in [3.63, 3.8) is 0 Å². The van der Waals surface area contributed by atoms with Gasteiger partial charge in [-0.3, -0.25) is 9.59 Å². The summed E-state index contributed by atoms with van der Waals surface area (Å²) < 4.78 is 16.9. The molecule has 2 N–H and O–H groups in total. The van der Waals surface area contributed by atoms with E-state index in [2.05, 4.69) is 15.2 Å². The Kier molecular flexibility index (Phi) is 5.04. The number of hydrogen-bond donors (Lipinski definition) is 2. The van der Waals surface area contributed by atoms with Crippen molar-refractivity contribution >= 4 is 28.3 Å². The Balaban J connectivity index is 1.41. The van der Waals surface area contributed by atoms with Crippen molar-refractivity contribution in [1.82, 2.24) is 9.97 Å². The number of amides is 1. The summed E-state index contributed by atoms with van der Waals surface area (Å²) in [7, 11) is 1.54. The van der Waals surface area contributed by atoms with Gasteiger partial charge < -0.3 is 29.4 Å². The van der Waals surface area contributed by atoms with Crippen LogP contribution in [0.4, 0.5) is 11.5 Å². The molecule has 2 fully saturated rings. The summed E-state index contributed by atoms with van der Waals surface area (Å²) in [5.74, 6) is 0.943. The summed E-state index contributed by atoms with van der Waals surface area (Å²) in [5, 5.41) is 3.84. The maximum absolute atomic E-state index is 13.6. The molecule has 0 aliphatic carbocycles. The number of aromatic amines is 1. The van der Waals surface area contributed by atoms with Gasteiger partial charge in [0.05, 0.1) is 62.4 Å². The molecule has 9 nitrogen and oxygen atoms in total. The van der Waals surface area contributed by atoms with E-state index in [1.165, 1.54) is 13.2 Å². The highest BCUT2D eigenvalue weighted by Gasteiger charge is 2.40. The van der Waals surface area contributed by atoms with Gasteiger partial charge in [0.25, 0.3) is 5.91 Å². The summed E-state index contributed by atoms with van der Waals surface area (Å²) in [6.45, 7) is 4.07. The average molecular weight is 463 g/mol. The first-order valence-electron chi connectivity index (χ1n) is 11.5. The molecule has 0 saturated carbocycles. The lowest BCUT2D eigenvalue weighted by atomic mass is 10.1. The molecule has 0 spiro atoms. The van der Waals surface area contributed by atoms with Crippen LogP contribution >= 0.6 is 0 Å². The third kappa shape index (κ3) is 3.43. The SMILES string of the molecule is COc1cc(NC(=O)c2cc3c(nc2N2C4CCC2COC4)COC3)cc2c(C)cc(=O)[nH]c12. The molecule has 3 aliphatic heterocycles. The van der Waals surface area contributed by atoms with Crippen LogP contribution in [-0.2, 0) is 22.7 Å². The maximum Gasteiger partial charge on any atom is 0.259 e. The molecule has 1 amide bonds. The van der Waals surface area contributed by atoms with Crippen LogP contribution in [0.3, 0.4) is 0 Å². The van der Waals surface area contributed by atoms with Crippen LogP contribution in [0.25, 0.3) is 10.9 Å². The quantitative estimate of drug-likeness (QED) is 0.614. The zero-order chi connectivity index (χ0) is 23.4. The minimum Gasteiger partial charge on any atom is -0.494 e. The molecule has 176 valence electrons. The first kappa shape index (κ1) is 21.1. The van der Waals surface area contributed by atoms with Gasteiger partial charge >= 0.3 is 0 Å². The highest BCUT2D eigenvalue weighted by atomic mass is 16.5. The number of anilines is 2. The number of ether oxygens (including phenoxy) is 3. The smallest absolute Gasteiger partial charge is 0.259 e. The number of aryl methyl sites for hydroxylation is 1. The second kappa shape index (κ2) is 8.11. The number of nitrogens with zero attached hydrogens (tertiary/aromatic N) is 2. The first-order chi connectivity index (χ1) is 16.5. The highest BCUT2D eigenvalue weighted by molar-refractivity contribution is 6.09. The molecule has 5 heterocycles. The normalized spacial score (nSPS) is 21.1. The molecule has 34 heavy (non-hydrogen) atoms. The fraction of sp³-hybridized carbons (Fsp3) is 0.400. The molecule has 2 atom stereocenters. The third-order valence-electron chi connectivity index (χ3n) is 7.00. The largest absolute Gasteiger partial charge is 0.494 e. The molecule has 2 unspecified atom stereocenters. The summed E-state index contributed by atoms with van der Waals surface area (Å²) in [5.41, 5.74) is 4.15. The van der Waals surface area contributed by atoms with E-state index in [-0.39, 0.29) is 23.6 Å². The van der Waals surface area contributed by atoms with Gasteiger partial charge in [0.15, 0.2) is 0 Å². The number of pyridine rings is 2. The average Bonchev–Trinajstić information content (AvgIpc) is 3.38. The lowest BCUT2D eigenvalue weighted by Gasteiger charge is -2.36. The van der Waals surface area contributed by atoms with Crippen LogP contribution < -0.4 is 20.5 Å². The van der Waals surface area contributed by atoms with E-state index in [9.17, 15) is 9.59 Å². The van der Waals surface area contributed by atoms with Crippen LogP contribution in [0, 0.1) is 6.92 Å². The summed E-state index contributed by atoms with van der Waals surface area (Å²) in [6.07, 6.45) is 2.06. The minimum atomic E-state index is -0.244. The van der Waals surface area contributed by atoms with Gasteiger partial charge in [0, 0.05) is 28.8 Å². The van der Waals surface area contributed by atoms with Gasteiger partial charge in [-0.25, -0.2) is 4.98 Å². The van der Waals surface area contributed by atoms with Crippen molar-refractivity contribution in [2.75, 3.05) is 30.5 Å². The standard InChI is InChI=1S/C25H26N4O5/c1-13-5-22(30)28-23-18(13)7-15(8-21(23)32-2)26-25(31)19-6-14-9-33-12-20(14)27-24(19)29-16-3-4-17(29)11-34-10-16/h5-8,16-17H,3-4,9-12H2,1-2H3,(H,26,31)(H,28,30). The number of nitrogens with one attached hydrogen (secondary N) is 2. The molecule has 2 saturated heterocycles. The Hall–Kier alpha value is -3.43. The molecule has 3 aromatic rings. The van der Waals surface area contributed by atoms with Crippen molar-refractivity contribution in [2.24, 2.45) is 0 Å². The number of H-pyrrole nitrogens is 1. The predicted octanol–water partition coefficient (Wildman–Crippen LogP) is 2.89.